The third kappa shape index (κ3) is 3.75. The molecule has 2 aromatic carbocycles. The van der Waals surface area contributed by atoms with Crippen molar-refractivity contribution in [3.05, 3.63) is 75.2 Å². The molecule has 1 aromatic heterocycles. The van der Waals surface area contributed by atoms with Crippen LogP contribution in [0.2, 0.25) is 5.02 Å². The first-order chi connectivity index (χ1) is 14.4. The number of aromatic amines is 1. The Morgan fingerprint density at radius 1 is 1.23 bits per heavy atom. The smallest absolute Gasteiger partial charge is 0.255 e. The highest BCUT2D eigenvalue weighted by molar-refractivity contribution is 6.32. The quantitative estimate of drug-likeness (QED) is 0.569. The molecule has 3 aromatic rings. The SMILES string of the molecule is CC[C@H](N)C1(c2ccccc2C)CCC(Oc2cc3cc[nH]c(=O)c3cc2Cl)CC1. The summed E-state index contributed by atoms with van der Waals surface area (Å²) in [5.74, 6) is 0.642. The van der Waals surface area contributed by atoms with Crippen molar-refractivity contribution in [2.24, 2.45) is 5.73 Å². The second-order valence-corrected chi connectivity index (χ2v) is 8.89. The van der Waals surface area contributed by atoms with Crippen molar-refractivity contribution in [2.75, 3.05) is 0 Å². The van der Waals surface area contributed by atoms with Crippen LogP contribution >= 0.6 is 11.6 Å². The van der Waals surface area contributed by atoms with Gasteiger partial charge in [-0.25, -0.2) is 0 Å². The lowest BCUT2D eigenvalue weighted by Gasteiger charge is -2.45. The van der Waals surface area contributed by atoms with Gasteiger partial charge in [0, 0.05) is 23.0 Å². The minimum atomic E-state index is -0.143. The van der Waals surface area contributed by atoms with Gasteiger partial charge in [0.2, 0.25) is 0 Å². The van der Waals surface area contributed by atoms with E-state index in [0.717, 1.165) is 37.5 Å². The average Bonchev–Trinajstić information content (AvgIpc) is 2.75. The van der Waals surface area contributed by atoms with Gasteiger partial charge in [0.05, 0.1) is 11.1 Å². The molecule has 0 bridgehead atoms. The highest BCUT2D eigenvalue weighted by Gasteiger charge is 2.42. The van der Waals surface area contributed by atoms with Crippen molar-refractivity contribution >= 4 is 22.4 Å². The molecule has 1 aliphatic rings. The van der Waals surface area contributed by atoms with E-state index >= 15 is 0 Å². The first-order valence-electron chi connectivity index (χ1n) is 10.7. The summed E-state index contributed by atoms with van der Waals surface area (Å²) in [4.78, 5) is 14.7. The Kier molecular flexibility index (Phi) is 5.90. The normalized spacial score (nSPS) is 22.7. The number of ether oxygens (including phenoxy) is 1. The molecular weight excluding hydrogens is 396 g/mol. The molecule has 0 radical (unpaired) electrons. The lowest BCUT2D eigenvalue weighted by Crippen LogP contribution is -2.49. The van der Waals surface area contributed by atoms with E-state index in [2.05, 4.69) is 43.1 Å². The summed E-state index contributed by atoms with van der Waals surface area (Å²) < 4.78 is 6.32. The molecule has 5 heteroatoms. The highest BCUT2D eigenvalue weighted by atomic mass is 35.5. The Morgan fingerprint density at radius 3 is 2.67 bits per heavy atom. The molecule has 0 saturated heterocycles. The molecule has 0 aliphatic heterocycles. The van der Waals surface area contributed by atoms with Crippen LogP contribution in [-0.4, -0.2) is 17.1 Å². The fraction of sp³-hybridized carbons (Fsp3) is 0.400. The number of hydrogen-bond donors (Lipinski definition) is 2. The Morgan fingerprint density at radius 2 is 1.97 bits per heavy atom. The monoisotopic (exact) mass is 424 g/mol. The Labute approximate surface area is 182 Å². The predicted octanol–water partition coefficient (Wildman–Crippen LogP) is 5.49. The molecule has 0 spiro atoms. The largest absolute Gasteiger partial charge is 0.489 e. The fourth-order valence-electron chi connectivity index (χ4n) is 5.04. The molecule has 1 atom stereocenters. The summed E-state index contributed by atoms with van der Waals surface area (Å²) in [6, 6.07) is 14.2. The summed E-state index contributed by atoms with van der Waals surface area (Å²) in [7, 11) is 0. The number of aryl methyl sites for hydroxylation is 1. The van der Waals surface area contributed by atoms with E-state index in [1.54, 1.807) is 12.3 Å². The van der Waals surface area contributed by atoms with Gasteiger partial charge in [-0.1, -0.05) is 42.8 Å². The van der Waals surface area contributed by atoms with Gasteiger partial charge in [0.15, 0.2) is 0 Å². The van der Waals surface area contributed by atoms with Crippen LogP contribution in [0, 0.1) is 6.92 Å². The molecule has 158 valence electrons. The Balaban J connectivity index is 1.56. The molecule has 1 heterocycles. The third-order valence-electron chi connectivity index (χ3n) is 6.78. The zero-order chi connectivity index (χ0) is 21.3. The second kappa shape index (κ2) is 8.44. The molecule has 30 heavy (non-hydrogen) atoms. The van der Waals surface area contributed by atoms with Crippen LogP contribution in [0.5, 0.6) is 5.75 Å². The zero-order valence-electron chi connectivity index (χ0n) is 17.6. The molecule has 1 saturated carbocycles. The van der Waals surface area contributed by atoms with Gasteiger partial charge in [-0.3, -0.25) is 4.79 Å². The number of H-pyrrole nitrogens is 1. The van der Waals surface area contributed by atoms with Crippen LogP contribution in [0.25, 0.3) is 10.8 Å². The van der Waals surface area contributed by atoms with Crippen molar-refractivity contribution in [1.82, 2.24) is 4.98 Å². The fourth-order valence-corrected chi connectivity index (χ4v) is 5.25. The summed E-state index contributed by atoms with van der Waals surface area (Å²) in [6.45, 7) is 4.35. The van der Waals surface area contributed by atoms with E-state index < -0.39 is 0 Å². The van der Waals surface area contributed by atoms with Crippen molar-refractivity contribution in [3.63, 3.8) is 0 Å². The minimum Gasteiger partial charge on any atom is -0.489 e. The molecule has 4 nitrogen and oxygen atoms in total. The third-order valence-corrected chi connectivity index (χ3v) is 7.07. The molecule has 0 amide bonds. The molecular formula is C25H29ClN2O2. The van der Waals surface area contributed by atoms with Crippen LogP contribution < -0.4 is 16.0 Å². The van der Waals surface area contributed by atoms with Crippen molar-refractivity contribution in [1.29, 1.82) is 0 Å². The number of nitrogens with one attached hydrogen (secondary N) is 1. The summed E-state index contributed by atoms with van der Waals surface area (Å²) >= 11 is 6.44. The Hall–Kier alpha value is -2.30. The number of aromatic nitrogens is 1. The topological polar surface area (TPSA) is 68.1 Å². The van der Waals surface area contributed by atoms with Crippen molar-refractivity contribution in [2.45, 2.75) is 63.5 Å². The maximum Gasteiger partial charge on any atom is 0.255 e. The van der Waals surface area contributed by atoms with Crippen LogP contribution in [0.1, 0.15) is 50.2 Å². The van der Waals surface area contributed by atoms with Gasteiger partial charge >= 0.3 is 0 Å². The average molecular weight is 425 g/mol. The van der Waals surface area contributed by atoms with Gasteiger partial charge in [-0.15, -0.1) is 0 Å². The van der Waals surface area contributed by atoms with Gasteiger partial charge in [-0.2, -0.15) is 0 Å². The predicted molar refractivity (Wildman–Crippen MR) is 124 cm³/mol. The van der Waals surface area contributed by atoms with Gasteiger partial charge < -0.3 is 15.5 Å². The van der Waals surface area contributed by atoms with Gasteiger partial charge in [0.25, 0.3) is 5.56 Å². The van der Waals surface area contributed by atoms with Crippen molar-refractivity contribution < 1.29 is 4.74 Å². The number of nitrogens with two attached hydrogens (primary N) is 1. The number of rotatable bonds is 5. The number of hydrogen-bond acceptors (Lipinski definition) is 3. The standard InChI is InChI=1S/C25H29ClN2O2/c1-3-23(27)25(20-7-5-4-6-16(20)2)11-8-18(9-12-25)30-22-14-17-10-13-28-24(29)19(17)15-21(22)26/h4-7,10,13-15,18,23H,3,8-9,11-12,27H2,1-2H3,(H,28,29)/t18?,23-,25?/m0/s1. The van der Waals surface area contributed by atoms with Gasteiger partial charge in [0.1, 0.15) is 5.75 Å². The van der Waals surface area contributed by atoms with E-state index in [0.29, 0.717) is 16.2 Å². The van der Waals surface area contributed by atoms with Crippen LogP contribution in [0.15, 0.2) is 53.5 Å². The lowest BCUT2D eigenvalue weighted by atomic mass is 9.63. The van der Waals surface area contributed by atoms with E-state index in [-0.39, 0.29) is 23.1 Å². The van der Waals surface area contributed by atoms with Crippen LogP contribution in [0.3, 0.4) is 0 Å². The van der Waals surface area contributed by atoms with E-state index in [4.69, 9.17) is 22.1 Å². The van der Waals surface area contributed by atoms with E-state index in [9.17, 15) is 4.79 Å². The maximum atomic E-state index is 12.0. The summed E-state index contributed by atoms with van der Waals surface area (Å²) in [6.07, 6.45) is 6.50. The highest BCUT2D eigenvalue weighted by Crippen LogP contribution is 2.45. The molecule has 3 N–H and O–H groups in total. The van der Waals surface area contributed by atoms with E-state index in [1.807, 2.05) is 12.1 Å². The number of fused-ring (bicyclic) bond motifs is 1. The lowest BCUT2D eigenvalue weighted by molar-refractivity contribution is 0.103. The maximum absolute atomic E-state index is 12.0. The number of pyridine rings is 1. The Bertz CT molecular complexity index is 1100. The van der Waals surface area contributed by atoms with Crippen LogP contribution in [0.4, 0.5) is 0 Å². The number of benzene rings is 2. The second-order valence-electron chi connectivity index (χ2n) is 8.48. The minimum absolute atomic E-state index is 0.0135. The van der Waals surface area contributed by atoms with Crippen molar-refractivity contribution in [3.8, 4) is 5.75 Å². The number of halogens is 1. The van der Waals surface area contributed by atoms with E-state index in [1.165, 1.54) is 11.1 Å². The molecule has 1 aliphatic carbocycles. The first-order valence-corrected chi connectivity index (χ1v) is 11.1. The first kappa shape index (κ1) is 21.0. The molecule has 1 fully saturated rings. The summed E-state index contributed by atoms with van der Waals surface area (Å²) in [5, 5.41) is 1.88. The molecule has 4 rings (SSSR count). The zero-order valence-corrected chi connectivity index (χ0v) is 18.3. The summed E-state index contributed by atoms with van der Waals surface area (Å²) in [5.41, 5.74) is 9.22. The molecule has 0 unspecified atom stereocenters. The van der Waals surface area contributed by atoms with Crippen LogP contribution in [-0.2, 0) is 5.41 Å². The van der Waals surface area contributed by atoms with Gasteiger partial charge in [-0.05, 0) is 73.7 Å².